The third kappa shape index (κ3) is 4.79. The molecule has 0 aliphatic heterocycles. The smallest absolute Gasteiger partial charge is 0.226 e. The lowest BCUT2D eigenvalue weighted by Gasteiger charge is -2.09. The van der Waals surface area contributed by atoms with E-state index < -0.39 is 5.97 Å². The van der Waals surface area contributed by atoms with Crippen molar-refractivity contribution in [1.29, 1.82) is 0 Å². The van der Waals surface area contributed by atoms with Crippen molar-refractivity contribution in [3.8, 4) is 5.75 Å². The number of carbonyl (C=O) groups excluding carboxylic acids is 2. The summed E-state index contributed by atoms with van der Waals surface area (Å²) in [6.45, 7) is 4.26. The number of nitrogens with one attached hydrogen (secondary N) is 1. The van der Waals surface area contributed by atoms with Crippen LogP contribution in [0.15, 0.2) is 24.3 Å². The number of thiazole rings is 1. The fraction of sp³-hybridized carbons (Fsp3) is 0.312. The van der Waals surface area contributed by atoms with Crippen LogP contribution in [0.4, 0.5) is 0 Å². The van der Waals surface area contributed by atoms with Crippen molar-refractivity contribution in [3.63, 3.8) is 0 Å². The summed E-state index contributed by atoms with van der Waals surface area (Å²) in [5.41, 5.74) is 1.41. The van der Waals surface area contributed by atoms with E-state index in [-0.39, 0.29) is 17.2 Å². The summed E-state index contributed by atoms with van der Waals surface area (Å²) in [6.07, 6.45) is 0.0448. The van der Waals surface area contributed by atoms with Crippen LogP contribution in [0.2, 0.25) is 0 Å². The van der Waals surface area contributed by atoms with E-state index in [2.05, 4.69) is 10.3 Å². The third-order valence-corrected chi connectivity index (χ3v) is 4.25. The highest BCUT2D eigenvalue weighted by Crippen LogP contribution is 2.18. The van der Waals surface area contributed by atoms with Crippen molar-refractivity contribution in [3.05, 3.63) is 45.4 Å². The molecule has 1 heterocycles. The highest BCUT2D eigenvalue weighted by molar-refractivity contribution is 7.13. The number of rotatable bonds is 7. The molecule has 7 heteroatoms. The van der Waals surface area contributed by atoms with Crippen LogP contribution in [-0.2, 0) is 11.2 Å². The van der Waals surface area contributed by atoms with Crippen LogP contribution >= 0.6 is 11.3 Å². The van der Waals surface area contributed by atoms with Crippen LogP contribution in [-0.4, -0.2) is 30.0 Å². The normalized spacial score (nSPS) is 10.3. The summed E-state index contributed by atoms with van der Waals surface area (Å²) >= 11 is 0.969. The highest BCUT2D eigenvalue weighted by Gasteiger charge is 2.11. The summed E-state index contributed by atoms with van der Waals surface area (Å²) in [4.78, 5) is 26.8. The van der Waals surface area contributed by atoms with E-state index in [0.29, 0.717) is 23.9 Å². The summed E-state index contributed by atoms with van der Waals surface area (Å²) in [5.74, 6) is -0.703. The summed E-state index contributed by atoms with van der Waals surface area (Å²) in [7, 11) is 0. The zero-order valence-corrected chi connectivity index (χ0v) is 13.7. The molecule has 0 saturated heterocycles. The predicted octanol–water partition coefficient (Wildman–Crippen LogP) is 0.861. The molecule has 0 aliphatic rings. The van der Waals surface area contributed by atoms with Gasteiger partial charge >= 0.3 is 0 Å². The second kappa shape index (κ2) is 7.73. The molecule has 0 spiro atoms. The van der Waals surface area contributed by atoms with Crippen molar-refractivity contribution in [2.75, 3.05) is 13.2 Å². The molecule has 122 valence electrons. The quantitative estimate of drug-likeness (QED) is 0.759. The SMILES string of the molecule is Cc1ccccc1OCCNC(=O)Cc1nc(C)c(C(=O)[O-])s1. The van der Waals surface area contributed by atoms with Crippen molar-refractivity contribution in [2.24, 2.45) is 0 Å². The Hall–Kier alpha value is -2.41. The number of aryl methyl sites for hydroxylation is 2. The fourth-order valence-electron chi connectivity index (χ4n) is 1.99. The first kappa shape index (κ1) is 17.0. The molecular weight excluding hydrogens is 316 g/mol. The van der Waals surface area contributed by atoms with Crippen LogP contribution in [0.5, 0.6) is 5.75 Å². The standard InChI is InChI=1S/C16H18N2O4S/c1-10-5-3-4-6-12(10)22-8-7-17-13(19)9-14-18-11(2)15(23-14)16(20)21/h3-6H,7-9H2,1-2H3,(H,17,19)(H,20,21)/p-1. The van der Waals surface area contributed by atoms with Gasteiger partial charge in [0.1, 0.15) is 17.4 Å². The molecule has 0 radical (unpaired) electrons. The van der Waals surface area contributed by atoms with Gasteiger partial charge in [-0.2, -0.15) is 0 Å². The summed E-state index contributed by atoms with van der Waals surface area (Å²) < 4.78 is 5.58. The monoisotopic (exact) mass is 333 g/mol. The maximum absolute atomic E-state index is 11.8. The molecule has 0 bridgehead atoms. The van der Waals surface area contributed by atoms with E-state index in [9.17, 15) is 14.7 Å². The summed E-state index contributed by atoms with van der Waals surface area (Å²) in [5, 5.41) is 14.0. The van der Waals surface area contributed by atoms with Gasteiger partial charge in [0.25, 0.3) is 0 Å². The number of aromatic carboxylic acids is 1. The number of para-hydroxylation sites is 1. The number of hydrogen-bond donors (Lipinski definition) is 1. The predicted molar refractivity (Wildman–Crippen MR) is 84.6 cm³/mol. The number of carbonyl (C=O) groups is 2. The van der Waals surface area contributed by atoms with Gasteiger partial charge in [-0.05, 0) is 25.5 Å². The Labute approximate surface area is 138 Å². The molecule has 0 aliphatic carbocycles. The second-order valence-corrected chi connectivity index (χ2v) is 6.03. The molecule has 23 heavy (non-hydrogen) atoms. The van der Waals surface area contributed by atoms with E-state index in [1.165, 1.54) is 0 Å². The van der Waals surface area contributed by atoms with Gasteiger partial charge in [0, 0.05) is 0 Å². The number of hydrogen-bond acceptors (Lipinski definition) is 6. The highest BCUT2D eigenvalue weighted by atomic mass is 32.1. The van der Waals surface area contributed by atoms with Gasteiger partial charge in [0.2, 0.25) is 5.91 Å². The Morgan fingerprint density at radius 2 is 2.04 bits per heavy atom. The zero-order valence-electron chi connectivity index (χ0n) is 12.9. The lowest BCUT2D eigenvalue weighted by molar-refractivity contribution is -0.254. The topological polar surface area (TPSA) is 91.3 Å². The van der Waals surface area contributed by atoms with E-state index in [0.717, 1.165) is 22.6 Å². The van der Waals surface area contributed by atoms with Gasteiger partial charge in [-0.1, -0.05) is 18.2 Å². The molecule has 0 unspecified atom stereocenters. The molecule has 0 fully saturated rings. The van der Waals surface area contributed by atoms with Gasteiger partial charge in [-0.3, -0.25) is 4.79 Å². The number of carboxylic acids is 1. The number of benzene rings is 1. The number of aromatic nitrogens is 1. The first-order chi connectivity index (χ1) is 11.0. The van der Waals surface area contributed by atoms with Crippen molar-refractivity contribution < 1.29 is 19.4 Å². The minimum Gasteiger partial charge on any atom is -0.544 e. The van der Waals surface area contributed by atoms with Crippen molar-refractivity contribution >= 4 is 23.2 Å². The maximum Gasteiger partial charge on any atom is 0.226 e. The molecule has 2 aromatic rings. The first-order valence-corrected chi connectivity index (χ1v) is 7.92. The van der Waals surface area contributed by atoms with Gasteiger partial charge in [0.05, 0.1) is 29.5 Å². The van der Waals surface area contributed by atoms with Gasteiger partial charge in [-0.15, -0.1) is 11.3 Å². The number of carboxylic acid groups (broad SMARTS) is 1. The second-order valence-electron chi connectivity index (χ2n) is 4.95. The Kier molecular flexibility index (Phi) is 5.70. The Morgan fingerprint density at radius 3 is 2.70 bits per heavy atom. The van der Waals surface area contributed by atoms with E-state index in [1.54, 1.807) is 6.92 Å². The van der Waals surface area contributed by atoms with Crippen LogP contribution in [0.25, 0.3) is 0 Å². The minimum absolute atomic E-state index is 0.0448. The molecule has 0 atom stereocenters. The average Bonchev–Trinajstić information content (AvgIpc) is 2.86. The number of nitrogens with zero attached hydrogens (tertiary/aromatic N) is 1. The molecule has 1 amide bonds. The lowest BCUT2D eigenvalue weighted by Crippen LogP contribution is -2.29. The van der Waals surface area contributed by atoms with Crippen LogP contribution in [0, 0.1) is 13.8 Å². The first-order valence-electron chi connectivity index (χ1n) is 7.10. The van der Waals surface area contributed by atoms with Crippen molar-refractivity contribution in [1.82, 2.24) is 10.3 Å². The largest absolute Gasteiger partial charge is 0.544 e. The average molecular weight is 333 g/mol. The Balaban J connectivity index is 1.76. The van der Waals surface area contributed by atoms with Gasteiger partial charge in [0.15, 0.2) is 0 Å². The summed E-state index contributed by atoms with van der Waals surface area (Å²) in [6, 6.07) is 7.64. The molecule has 1 aromatic heterocycles. The Morgan fingerprint density at radius 1 is 1.30 bits per heavy atom. The molecule has 2 rings (SSSR count). The van der Waals surface area contributed by atoms with Gasteiger partial charge < -0.3 is 20.0 Å². The third-order valence-electron chi connectivity index (χ3n) is 3.11. The number of amides is 1. The fourth-order valence-corrected chi connectivity index (χ4v) is 2.89. The molecule has 6 nitrogen and oxygen atoms in total. The molecular formula is C16H17N2O4S-. The van der Waals surface area contributed by atoms with E-state index >= 15 is 0 Å². The van der Waals surface area contributed by atoms with Crippen LogP contribution in [0.1, 0.15) is 25.9 Å². The van der Waals surface area contributed by atoms with Crippen molar-refractivity contribution in [2.45, 2.75) is 20.3 Å². The Bertz CT molecular complexity index is 712. The van der Waals surface area contributed by atoms with Crippen LogP contribution < -0.4 is 15.2 Å². The van der Waals surface area contributed by atoms with Crippen LogP contribution in [0.3, 0.4) is 0 Å². The van der Waals surface area contributed by atoms with E-state index in [4.69, 9.17) is 4.74 Å². The molecule has 0 saturated carbocycles. The lowest BCUT2D eigenvalue weighted by atomic mass is 10.2. The van der Waals surface area contributed by atoms with E-state index in [1.807, 2.05) is 31.2 Å². The minimum atomic E-state index is -1.27. The molecule has 1 N–H and O–H groups in total. The maximum atomic E-state index is 11.8. The zero-order chi connectivity index (χ0) is 16.8. The number of ether oxygens (including phenoxy) is 1. The van der Waals surface area contributed by atoms with Gasteiger partial charge in [-0.25, -0.2) is 4.98 Å². The molecule has 1 aromatic carbocycles.